The molecule has 0 aromatic heterocycles. The molecule has 0 aliphatic heterocycles. The summed E-state index contributed by atoms with van der Waals surface area (Å²) in [5, 5.41) is 0.0606. The molecule has 0 unspecified atom stereocenters. The molecule has 1 aliphatic rings. The van der Waals surface area contributed by atoms with E-state index in [4.69, 9.17) is 16.3 Å². The Hall–Kier alpha value is -2.53. The predicted octanol–water partition coefficient (Wildman–Crippen LogP) is 3.69. The number of hydrogen-bond donors (Lipinski definition) is 1. The average molecular weight is 317 g/mol. The molecule has 2 aromatic carbocycles. The number of rotatable bonds is 1. The molecule has 0 bridgehead atoms. The molecule has 1 aliphatic carbocycles. The van der Waals surface area contributed by atoms with E-state index in [1.54, 1.807) is 0 Å². The Morgan fingerprint density at radius 2 is 1.55 bits per heavy atom. The number of carbonyl (C=O) groups excluding carboxylic acids is 2. The zero-order chi connectivity index (χ0) is 15.7. The Morgan fingerprint density at radius 1 is 1.05 bits per heavy atom. The van der Waals surface area contributed by atoms with E-state index in [-0.39, 0.29) is 0 Å². The van der Waals surface area contributed by atoms with Gasteiger partial charge in [0.25, 0.3) is 0 Å². The average Bonchev–Trinajstić information content (AvgIpc) is 2.81. The maximum Gasteiger partial charge on any atom is 0.429 e. The number of fused-ring (bicyclic) bond motifs is 3. The molecule has 22 heavy (non-hydrogen) atoms. The molecular formula is C16H13ClN2O3. The van der Waals surface area contributed by atoms with Crippen molar-refractivity contribution in [3.05, 3.63) is 59.7 Å². The van der Waals surface area contributed by atoms with Crippen molar-refractivity contribution in [1.29, 1.82) is 0 Å². The lowest BCUT2D eigenvalue weighted by Crippen LogP contribution is -2.41. The van der Waals surface area contributed by atoms with Crippen molar-refractivity contribution >= 4 is 23.1 Å². The number of ether oxygens (including phenoxy) is 1. The van der Waals surface area contributed by atoms with Crippen LogP contribution in [0.4, 0.5) is 9.59 Å². The summed E-state index contributed by atoms with van der Waals surface area (Å²) in [4.78, 5) is 22.9. The van der Waals surface area contributed by atoms with Crippen LogP contribution in [0.5, 0.6) is 0 Å². The molecule has 5 nitrogen and oxygen atoms in total. The molecule has 0 spiro atoms. The number of amides is 2. The summed E-state index contributed by atoms with van der Waals surface area (Å²) in [6.07, 6.45) is -1.19. The van der Waals surface area contributed by atoms with Crippen molar-refractivity contribution in [3.8, 4) is 11.1 Å². The monoisotopic (exact) mass is 316 g/mol. The lowest BCUT2D eigenvalue weighted by molar-refractivity contribution is 0.0766. The minimum atomic E-state index is -0.855. The minimum absolute atomic E-state index is 0.505. The summed E-state index contributed by atoms with van der Waals surface area (Å²) < 4.78 is 5.54. The van der Waals surface area contributed by atoms with Crippen molar-refractivity contribution in [2.24, 2.45) is 0 Å². The van der Waals surface area contributed by atoms with Gasteiger partial charge in [-0.2, -0.15) is 0 Å². The van der Waals surface area contributed by atoms with Crippen LogP contribution in [-0.2, 0) is 4.74 Å². The summed E-state index contributed by atoms with van der Waals surface area (Å²) in [5.41, 5.74) is 6.07. The van der Waals surface area contributed by atoms with Gasteiger partial charge in [0, 0.05) is 18.2 Å². The van der Waals surface area contributed by atoms with Gasteiger partial charge in [0.2, 0.25) is 0 Å². The van der Waals surface area contributed by atoms with E-state index >= 15 is 0 Å². The van der Waals surface area contributed by atoms with Gasteiger partial charge in [-0.3, -0.25) is 4.79 Å². The zero-order valence-electron chi connectivity index (χ0n) is 11.7. The number of hydrogen-bond acceptors (Lipinski definition) is 3. The van der Waals surface area contributed by atoms with Gasteiger partial charge in [-0.1, -0.05) is 48.5 Å². The molecular weight excluding hydrogens is 304 g/mol. The van der Waals surface area contributed by atoms with Crippen LogP contribution in [0.1, 0.15) is 17.2 Å². The van der Waals surface area contributed by atoms with Crippen molar-refractivity contribution in [2.45, 2.75) is 6.10 Å². The van der Waals surface area contributed by atoms with Crippen LogP contribution >= 0.6 is 11.6 Å². The van der Waals surface area contributed by atoms with E-state index in [0.717, 1.165) is 27.3 Å². The fourth-order valence-corrected chi connectivity index (χ4v) is 2.72. The Bertz CT molecular complexity index is 702. The molecule has 0 atom stereocenters. The fourth-order valence-electron chi connectivity index (χ4n) is 2.59. The van der Waals surface area contributed by atoms with Crippen LogP contribution in [0.25, 0.3) is 11.1 Å². The van der Waals surface area contributed by atoms with Crippen LogP contribution in [0.15, 0.2) is 48.5 Å². The molecule has 2 amide bonds. The van der Waals surface area contributed by atoms with E-state index in [0.29, 0.717) is 0 Å². The Kier molecular flexibility index (Phi) is 3.73. The van der Waals surface area contributed by atoms with Crippen molar-refractivity contribution in [3.63, 3.8) is 0 Å². The lowest BCUT2D eigenvalue weighted by Gasteiger charge is -2.20. The summed E-state index contributed by atoms with van der Waals surface area (Å²) in [5.74, 6) is 0. The van der Waals surface area contributed by atoms with Gasteiger partial charge in [-0.15, -0.1) is 0 Å². The number of benzene rings is 2. The van der Waals surface area contributed by atoms with Gasteiger partial charge >= 0.3 is 11.5 Å². The van der Waals surface area contributed by atoms with Gasteiger partial charge in [-0.05, 0) is 22.7 Å². The summed E-state index contributed by atoms with van der Waals surface area (Å²) in [6.45, 7) is 0. The van der Waals surface area contributed by atoms with Crippen molar-refractivity contribution in [1.82, 2.24) is 10.4 Å². The van der Waals surface area contributed by atoms with E-state index < -0.39 is 17.6 Å². The second-order valence-corrected chi connectivity index (χ2v) is 5.23. The number of halogens is 1. The van der Waals surface area contributed by atoms with Gasteiger partial charge in [0.15, 0.2) is 6.10 Å². The van der Waals surface area contributed by atoms with Crippen LogP contribution in [0.3, 0.4) is 0 Å². The molecule has 0 saturated carbocycles. The van der Waals surface area contributed by atoms with Crippen LogP contribution in [-0.4, -0.2) is 23.5 Å². The van der Waals surface area contributed by atoms with Gasteiger partial charge < -0.3 is 4.74 Å². The molecule has 1 N–H and O–H groups in total. The Labute approximate surface area is 132 Å². The third kappa shape index (κ3) is 2.51. The normalized spacial score (nSPS) is 12.3. The molecule has 0 radical (unpaired) electrons. The molecule has 3 rings (SSSR count). The largest absolute Gasteiger partial charge is 0.435 e. The third-order valence-electron chi connectivity index (χ3n) is 3.52. The van der Waals surface area contributed by atoms with Crippen molar-refractivity contribution < 1.29 is 14.3 Å². The minimum Gasteiger partial charge on any atom is -0.435 e. The second kappa shape index (κ2) is 5.69. The number of nitrogens with zero attached hydrogens (tertiary/aromatic N) is 1. The quantitative estimate of drug-likeness (QED) is 0.496. The Balaban J connectivity index is 1.91. The summed E-state index contributed by atoms with van der Waals surface area (Å²) in [6, 6.07) is 15.5. The highest BCUT2D eigenvalue weighted by molar-refractivity contribution is 6.62. The maximum absolute atomic E-state index is 12.1. The van der Waals surface area contributed by atoms with E-state index in [1.165, 1.54) is 7.05 Å². The number of nitrogens with one attached hydrogen (secondary N) is 1. The third-order valence-corrected chi connectivity index (χ3v) is 3.61. The summed E-state index contributed by atoms with van der Waals surface area (Å²) >= 11 is 5.20. The van der Waals surface area contributed by atoms with E-state index in [2.05, 4.69) is 5.43 Å². The first-order valence-corrected chi connectivity index (χ1v) is 7.04. The predicted molar refractivity (Wildman–Crippen MR) is 82.3 cm³/mol. The zero-order valence-corrected chi connectivity index (χ0v) is 12.5. The fraction of sp³-hybridized carbons (Fsp3) is 0.125. The smallest absolute Gasteiger partial charge is 0.429 e. The van der Waals surface area contributed by atoms with Crippen LogP contribution in [0.2, 0.25) is 0 Å². The molecule has 2 aromatic rings. The van der Waals surface area contributed by atoms with Gasteiger partial charge in [0.1, 0.15) is 0 Å². The first-order valence-electron chi connectivity index (χ1n) is 6.66. The van der Waals surface area contributed by atoms with Gasteiger partial charge in [0.05, 0.1) is 0 Å². The standard InChI is InChI=1S/C16H13ClN2O3/c1-19(18-15(17)20)16(21)22-14-12-8-4-2-6-10(12)11-7-3-5-9-13(11)14/h2-9,14H,1H3,(H,18,20). The molecule has 0 fully saturated rings. The number of carbonyl (C=O) groups is 2. The first-order chi connectivity index (χ1) is 10.6. The highest BCUT2D eigenvalue weighted by Crippen LogP contribution is 2.45. The van der Waals surface area contributed by atoms with Gasteiger partial charge in [-0.25, -0.2) is 15.2 Å². The second-order valence-electron chi connectivity index (χ2n) is 4.88. The molecule has 0 saturated heterocycles. The highest BCUT2D eigenvalue weighted by Gasteiger charge is 2.31. The van der Waals surface area contributed by atoms with E-state index in [9.17, 15) is 9.59 Å². The lowest BCUT2D eigenvalue weighted by atomic mass is 10.1. The number of hydrazine groups is 1. The molecule has 0 heterocycles. The highest BCUT2D eigenvalue weighted by atomic mass is 35.5. The van der Waals surface area contributed by atoms with Crippen LogP contribution in [0, 0.1) is 0 Å². The summed E-state index contributed by atoms with van der Waals surface area (Å²) in [7, 11) is 1.37. The molecule has 112 valence electrons. The van der Waals surface area contributed by atoms with Crippen LogP contribution < -0.4 is 5.43 Å². The van der Waals surface area contributed by atoms with Crippen molar-refractivity contribution in [2.75, 3.05) is 7.05 Å². The SMILES string of the molecule is CN(NC(=O)Cl)C(=O)OC1c2ccccc2-c2ccccc21. The molecule has 6 heteroatoms. The topological polar surface area (TPSA) is 58.6 Å². The maximum atomic E-state index is 12.1. The first kappa shape index (κ1) is 14.4. The van der Waals surface area contributed by atoms with E-state index in [1.807, 2.05) is 48.5 Å². The Morgan fingerprint density at radius 3 is 2.05 bits per heavy atom.